The number of nitrogens with zero attached hydrogens (tertiary/aromatic N) is 2. The minimum atomic E-state index is 0.663. The van der Waals surface area contributed by atoms with Crippen LogP contribution in [0.25, 0.3) is 0 Å². The van der Waals surface area contributed by atoms with Crippen molar-refractivity contribution in [3.8, 4) is 0 Å². The highest BCUT2D eigenvalue weighted by Crippen LogP contribution is 2.29. The number of aryl methyl sites for hydroxylation is 1. The molecule has 112 valence electrons. The van der Waals surface area contributed by atoms with E-state index in [1.165, 1.54) is 16.8 Å². The fourth-order valence-corrected chi connectivity index (χ4v) is 3.27. The van der Waals surface area contributed by atoms with Crippen LogP contribution in [0.5, 0.6) is 0 Å². The third-order valence-corrected chi connectivity index (χ3v) is 4.42. The van der Waals surface area contributed by atoms with E-state index >= 15 is 0 Å². The van der Waals surface area contributed by atoms with Gasteiger partial charge in [0.25, 0.3) is 0 Å². The van der Waals surface area contributed by atoms with E-state index in [9.17, 15) is 0 Å². The Labute approximate surface area is 124 Å². The van der Waals surface area contributed by atoms with Crippen LogP contribution in [0.15, 0.2) is 18.2 Å². The molecule has 0 radical (unpaired) electrons. The van der Waals surface area contributed by atoms with Crippen molar-refractivity contribution in [1.82, 2.24) is 10.2 Å². The van der Waals surface area contributed by atoms with Crippen molar-refractivity contribution in [1.29, 1.82) is 0 Å². The molecule has 2 atom stereocenters. The SMILES string of the molecule is CCNCc1ccc(N2CC(C)C(N(C)C)C2)c(C)c1. The Morgan fingerprint density at radius 3 is 2.60 bits per heavy atom. The standard InChI is InChI=1S/C17H29N3/c1-6-18-10-15-7-8-16(13(2)9-15)20-11-14(3)17(12-20)19(4)5/h7-9,14,17-18H,6,10-12H2,1-5H3. The van der Waals surface area contributed by atoms with Crippen molar-refractivity contribution in [2.24, 2.45) is 5.92 Å². The molecule has 3 nitrogen and oxygen atoms in total. The molecule has 20 heavy (non-hydrogen) atoms. The Morgan fingerprint density at radius 2 is 2.05 bits per heavy atom. The lowest BCUT2D eigenvalue weighted by atomic mass is 10.1. The van der Waals surface area contributed by atoms with Gasteiger partial charge in [0.2, 0.25) is 0 Å². The average molecular weight is 275 g/mol. The second kappa shape index (κ2) is 6.59. The molecule has 1 aromatic carbocycles. The summed E-state index contributed by atoms with van der Waals surface area (Å²) in [5.41, 5.74) is 4.18. The van der Waals surface area contributed by atoms with E-state index in [0.29, 0.717) is 6.04 Å². The first-order valence-corrected chi connectivity index (χ1v) is 7.74. The summed E-state index contributed by atoms with van der Waals surface area (Å²) in [5.74, 6) is 0.728. The van der Waals surface area contributed by atoms with Gasteiger partial charge in [-0.3, -0.25) is 0 Å². The average Bonchev–Trinajstić information content (AvgIpc) is 2.78. The minimum Gasteiger partial charge on any atom is -0.369 e. The Bertz CT molecular complexity index is 442. The van der Waals surface area contributed by atoms with Gasteiger partial charge in [-0.05, 0) is 50.7 Å². The Hall–Kier alpha value is -1.06. The monoisotopic (exact) mass is 275 g/mol. The summed E-state index contributed by atoms with van der Waals surface area (Å²) in [7, 11) is 4.38. The van der Waals surface area contributed by atoms with Crippen LogP contribution in [0, 0.1) is 12.8 Å². The van der Waals surface area contributed by atoms with Crippen LogP contribution < -0.4 is 10.2 Å². The summed E-state index contributed by atoms with van der Waals surface area (Å²) in [5, 5.41) is 3.39. The maximum atomic E-state index is 3.39. The van der Waals surface area contributed by atoms with Gasteiger partial charge in [-0.1, -0.05) is 26.0 Å². The van der Waals surface area contributed by atoms with Crippen molar-refractivity contribution in [2.45, 2.75) is 33.4 Å². The molecule has 1 aliphatic heterocycles. The molecule has 1 heterocycles. The molecule has 0 aliphatic carbocycles. The van der Waals surface area contributed by atoms with E-state index in [2.05, 4.69) is 68.2 Å². The molecule has 1 aliphatic rings. The summed E-state index contributed by atoms with van der Waals surface area (Å²) >= 11 is 0. The van der Waals surface area contributed by atoms with E-state index in [1.807, 2.05) is 0 Å². The number of rotatable bonds is 5. The summed E-state index contributed by atoms with van der Waals surface area (Å²) in [6.45, 7) is 11.0. The van der Waals surface area contributed by atoms with Crippen LogP contribution in [0.3, 0.4) is 0 Å². The predicted octanol–water partition coefficient (Wildman–Crippen LogP) is 2.49. The van der Waals surface area contributed by atoms with Crippen molar-refractivity contribution >= 4 is 5.69 Å². The fraction of sp³-hybridized carbons (Fsp3) is 0.647. The van der Waals surface area contributed by atoms with Crippen LogP contribution in [0.4, 0.5) is 5.69 Å². The van der Waals surface area contributed by atoms with E-state index in [1.54, 1.807) is 0 Å². The number of likely N-dealkylation sites (N-methyl/N-ethyl adjacent to an activating group) is 1. The summed E-state index contributed by atoms with van der Waals surface area (Å²) < 4.78 is 0. The Balaban J connectivity index is 2.10. The second-order valence-corrected chi connectivity index (χ2v) is 6.31. The highest BCUT2D eigenvalue weighted by Gasteiger charge is 2.31. The van der Waals surface area contributed by atoms with Gasteiger partial charge in [-0.25, -0.2) is 0 Å². The molecule has 0 amide bonds. The zero-order chi connectivity index (χ0) is 14.7. The van der Waals surface area contributed by atoms with Gasteiger partial charge in [-0.2, -0.15) is 0 Å². The predicted molar refractivity (Wildman–Crippen MR) is 87.4 cm³/mol. The molecule has 1 N–H and O–H groups in total. The first kappa shape index (κ1) is 15.3. The lowest BCUT2D eigenvalue weighted by Crippen LogP contribution is -2.34. The number of nitrogens with one attached hydrogen (secondary N) is 1. The van der Waals surface area contributed by atoms with E-state index in [-0.39, 0.29) is 0 Å². The Morgan fingerprint density at radius 1 is 1.30 bits per heavy atom. The van der Waals surface area contributed by atoms with E-state index in [4.69, 9.17) is 0 Å². The van der Waals surface area contributed by atoms with E-state index < -0.39 is 0 Å². The first-order valence-electron chi connectivity index (χ1n) is 7.74. The number of benzene rings is 1. The van der Waals surface area contributed by atoms with Crippen molar-refractivity contribution < 1.29 is 0 Å². The smallest absolute Gasteiger partial charge is 0.0396 e. The Kier molecular flexibility index (Phi) is 5.06. The summed E-state index contributed by atoms with van der Waals surface area (Å²) in [6, 6.07) is 7.55. The zero-order valence-electron chi connectivity index (χ0n) is 13.6. The fourth-order valence-electron chi connectivity index (χ4n) is 3.27. The molecule has 0 bridgehead atoms. The van der Waals surface area contributed by atoms with Crippen molar-refractivity contribution in [2.75, 3.05) is 38.6 Å². The van der Waals surface area contributed by atoms with Crippen molar-refractivity contribution in [3.05, 3.63) is 29.3 Å². The molecule has 0 spiro atoms. The molecular formula is C17H29N3. The normalized spacial score (nSPS) is 22.8. The van der Waals surface area contributed by atoms with Crippen LogP contribution in [-0.2, 0) is 6.54 Å². The van der Waals surface area contributed by atoms with Gasteiger partial charge in [-0.15, -0.1) is 0 Å². The van der Waals surface area contributed by atoms with Gasteiger partial charge in [0.15, 0.2) is 0 Å². The molecule has 0 aromatic heterocycles. The van der Waals surface area contributed by atoms with Gasteiger partial charge in [0.1, 0.15) is 0 Å². The molecule has 2 rings (SSSR count). The molecule has 1 saturated heterocycles. The topological polar surface area (TPSA) is 18.5 Å². The lowest BCUT2D eigenvalue weighted by Gasteiger charge is -2.24. The largest absolute Gasteiger partial charge is 0.369 e. The quantitative estimate of drug-likeness (QED) is 0.891. The minimum absolute atomic E-state index is 0.663. The maximum absolute atomic E-state index is 3.39. The summed E-state index contributed by atoms with van der Waals surface area (Å²) in [6.07, 6.45) is 0. The molecule has 1 aromatic rings. The van der Waals surface area contributed by atoms with Crippen LogP contribution in [0.1, 0.15) is 25.0 Å². The maximum Gasteiger partial charge on any atom is 0.0396 e. The number of hydrogen-bond acceptors (Lipinski definition) is 3. The van der Waals surface area contributed by atoms with Gasteiger partial charge < -0.3 is 15.1 Å². The first-order chi connectivity index (χ1) is 9.52. The second-order valence-electron chi connectivity index (χ2n) is 6.31. The molecule has 1 fully saturated rings. The third kappa shape index (κ3) is 3.33. The van der Waals surface area contributed by atoms with Crippen LogP contribution >= 0.6 is 0 Å². The van der Waals surface area contributed by atoms with Crippen LogP contribution in [0.2, 0.25) is 0 Å². The molecule has 0 saturated carbocycles. The number of hydrogen-bond donors (Lipinski definition) is 1. The van der Waals surface area contributed by atoms with Gasteiger partial charge in [0, 0.05) is 31.4 Å². The van der Waals surface area contributed by atoms with Gasteiger partial charge in [0.05, 0.1) is 0 Å². The van der Waals surface area contributed by atoms with E-state index in [0.717, 1.165) is 32.1 Å². The lowest BCUT2D eigenvalue weighted by molar-refractivity contribution is 0.266. The van der Waals surface area contributed by atoms with Gasteiger partial charge >= 0.3 is 0 Å². The third-order valence-electron chi connectivity index (χ3n) is 4.42. The zero-order valence-corrected chi connectivity index (χ0v) is 13.6. The molecule has 2 unspecified atom stereocenters. The molecular weight excluding hydrogens is 246 g/mol. The number of anilines is 1. The molecule has 3 heteroatoms. The van der Waals surface area contributed by atoms with Crippen molar-refractivity contribution in [3.63, 3.8) is 0 Å². The highest BCUT2D eigenvalue weighted by atomic mass is 15.2. The highest BCUT2D eigenvalue weighted by molar-refractivity contribution is 5.55. The summed E-state index contributed by atoms with van der Waals surface area (Å²) in [4.78, 5) is 4.90. The van der Waals surface area contributed by atoms with Crippen LogP contribution in [-0.4, -0.2) is 44.7 Å².